The minimum Gasteiger partial charge on any atom is -0.350 e. The molecule has 1 atom stereocenters. The second-order valence-electron chi connectivity index (χ2n) is 7.83. The van der Waals surface area contributed by atoms with E-state index in [1.54, 1.807) is 13.0 Å². The molecule has 0 fully saturated rings. The Balaban J connectivity index is 1.67. The molecule has 160 valence electrons. The van der Waals surface area contributed by atoms with E-state index in [4.69, 9.17) is 0 Å². The molecular weight excluding hydrogens is 401 g/mol. The second kappa shape index (κ2) is 7.50. The summed E-state index contributed by atoms with van der Waals surface area (Å²) in [4.78, 5) is 43.8. The summed E-state index contributed by atoms with van der Waals surface area (Å²) < 4.78 is 16.9. The van der Waals surface area contributed by atoms with Crippen molar-refractivity contribution >= 4 is 27.8 Å². The fourth-order valence-corrected chi connectivity index (χ4v) is 3.93. The van der Waals surface area contributed by atoms with Gasteiger partial charge in [0, 0.05) is 42.9 Å². The highest BCUT2D eigenvalue weighted by molar-refractivity contribution is 6.05. The summed E-state index contributed by atoms with van der Waals surface area (Å²) >= 11 is 0. The van der Waals surface area contributed by atoms with Crippen LogP contribution in [0.4, 0.5) is 4.39 Å². The Hall–Kier alpha value is -3.75. The number of aromatic nitrogens is 4. The number of hydrogen-bond donors (Lipinski definition) is 2. The lowest BCUT2D eigenvalue weighted by Crippen LogP contribution is -2.36. The molecule has 0 bridgehead atoms. The van der Waals surface area contributed by atoms with Crippen molar-refractivity contribution < 1.29 is 9.18 Å². The number of carbonyl (C=O) groups excluding carboxylic acids is 1. The fourth-order valence-electron chi connectivity index (χ4n) is 3.93. The van der Waals surface area contributed by atoms with Crippen molar-refractivity contribution in [3.05, 3.63) is 73.9 Å². The van der Waals surface area contributed by atoms with E-state index in [2.05, 4.69) is 15.3 Å². The van der Waals surface area contributed by atoms with E-state index in [-0.39, 0.29) is 28.5 Å². The highest BCUT2D eigenvalue weighted by Gasteiger charge is 2.20. The molecule has 0 radical (unpaired) electrons. The Morgan fingerprint density at radius 2 is 2.00 bits per heavy atom. The lowest BCUT2D eigenvalue weighted by molar-refractivity contribution is 0.0941. The number of rotatable bonds is 4. The number of aryl methyl sites for hydroxylation is 3. The molecule has 1 unspecified atom stereocenters. The Kier molecular flexibility index (Phi) is 4.96. The van der Waals surface area contributed by atoms with Crippen LogP contribution < -0.4 is 16.6 Å². The average molecular weight is 423 g/mol. The minimum atomic E-state index is -0.659. The van der Waals surface area contributed by atoms with E-state index >= 15 is 0 Å². The lowest BCUT2D eigenvalue weighted by atomic mass is 10.0. The van der Waals surface area contributed by atoms with Crippen LogP contribution in [-0.4, -0.2) is 31.1 Å². The van der Waals surface area contributed by atoms with Gasteiger partial charge < -0.3 is 9.88 Å². The monoisotopic (exact) mass is 423 g/mol. The summed E-state index contributed by atoms with van der Waals surface area (Å²) in [6.45, 7) is 3.53. The average Bonchev–Trinajstić information content (AvgIpc) is 2.99. The Morgan fingerprint density at radius 1 is 1.26 bits per heavy atom. The molecule has 4 rings (SSSR count). The number of benzene rings is 1. The van der Waals surface area contributed by atoms with E-state index < -0.39 is 17.2 Å². The van der Waals surface area contributed by atoms with Crippen LogP contribution in [0.2, 0.25) is 0 Å². The van der Waals surface area contributed by atoms with Crippen molar-refractivity contribution in [1.82, 2.24) is 24.4 Å². The van der Waals surface area contributed by atoms with Gasteiger partial charge in [0.1, 0.15) is 11.5 Å². The maximum absolute atomic E-state index is 13.7. The lowest BCUT2D eigenvalue weighted by Gasteiger charge is -2.15. The van der Waals surface area contributed by atoms with Crippen molar-refractivity contribution in [2.45, 2.75) is 26.3 Å². The molecule has 3 heterocycles. The maximum Gasteiger partial charge on any atom is 0.329 e. The van der Waals surface area contributed by atoms with Crippen molar-refractivity contribution in [2.24, 2.45) is 14.1 Å². The third-order valence-corrected chi connectivity index (χ3v) is 5.38. The van der Waals surface area contributed by atoms with Crippen molar-refractivity contribution in [3.8, 4) is 0 Å². The van der Waals surface area contributed by atoms with Gasteiger partial charge in [0.15, 0.2) is 0 Å². The van der Waals surface area contributed by atoms with Crippen LogP contribution in [0.15, 0.2) is 40.1 Å². The van der Waals surface area contributed by atoms with Gasteiger partial charge in [-0.3, -0.25) is 19.1 Å². The molecule has 9 heteroatoms. The van der Waals surface area contributed by atoms with Gasteiger partial charge in [-0.2, -0.15) is 0 Å². The molecule has 0 saturated heterocycles. The quantitative estimate of drug-likeness (QED) is 0.524. The highest BCUT2D eigenvalue weighted by atomic mass is 19.1. The normalized spacial score (nSPS) is 12.4. The summed E-state index contributed by atoms with van der Waals surface area (Å²) in [5.41, 5.74) is 1.35. The topological polar surface area (TPSA) is 102 Å². The molecule has 0 aliphatic heterocycles. The smallest absolute Gasteiger partial charge is 0.329 e. The van der Waals surface area contributed by atoms with E-state index in [0.717, 1.165) is 16.5 Å². The third-order valence-electron chi connectivity index (χ3n) is 5.38. The summed E-state index contributed by atoms with van der Waals surface area (Å²) in [5, 5.41) is 3.76. The number of amides is 1. The van der Waals surface area contributed by atoms with Gasteiger partial charge in [0.05, 0.1) is 10.9 Å². The number of halogens is 1. The maximum atomic E-state index is 13.7. The van der Waals surface area contributed by atoms with Crippen LogP contribution in [-0.2, 0) is 20.5 Å². The molecule has 8 nitrogen and oxygen atoms in total. The molecule has 0 aliphatic carbocycles. The van der Waals surface area contributed by atoms with Crippen LogP contribution in [0.3, 0.4) is 0 Å². The van der Waals surface area contributed by atoms with E-state index in [1.165, 1.54) is 29.8 Å². The number of fused-ring (bicyclic) bond motifs is 2. The first-order chi connectivity index (χ1) is 14.7. The predicted octanol–water partition coefficient (Wildman–Crippen LogP) is 1.92. The molecular formula is C22H22FN5O3. The van der Waals surface area contributed by atoms with Gasteiger partial charge in [0.25, 0.3) is 11.5 Å². The summed E-state index contributed by atoms with van der Waals surface area (Å²) in [5.74, 6) is -0.765. The Bertz CT molecular complexity index is 1460. The molecule has 0 saturated carbocycles. The number of H-pyrrole nitrogens is 1. The fraction of sp³-hybridized carbons (Fsp3) is 0.273. The Labute approximate surface area is 176 Å². The zero-order valence-corrected chi connectivity index (χ0v) is 17.6. The van der Waals surface area contributed by atoms with Gasteiger partial charge in [-0.05, 0) is 50.1 Å². The van der Waals surface area contributed by atoms with Crippen LogP contribution in [0.5, 0.6) is 0 Å². The molecule has 1 amide bonds. The molecule has 0 spiro atoms. The molecule has 1 aromatic carbocycles. The van der Waals surface area contributed by atoms with Crippen molar-refractivity contribution in [2.75, 3.05) is 0 Å². The van der Waals surface area contributed by atoms with Crippen LogP contribution in [0.25, 0.3) is 21.9 Å². The number of carbonyl (C=O) groups is 1. The number of aromatic amines is 1. The number of nitrogens with zero attached hydrogens (tertiary/aromatic N) is 3. The van der Waals surface area contributed by atoms with Gasteiger partial charge in [0.2, 0.25) is 0 Å². The van der Waals surface area contributed by atoms with Crippen molar-refractivity contribution in [1.29, 1.82) is 0 Å². The number of pyridine rings is 1. The van der Waals surface area contributed by atoms with Gasteiger partial charge in [-0.15, -0.1) is 0 Å². The largest absolute Gasteiger partial charge is 0.350 e. The first-order valence-electron chi connectivity index (χ1n) is 9.80. The SMILES string of the molecule is Cc1cc(C(=O)NC(C)Cc2cn(C)c3ccc(F)cc23)c2c(=O)[nH]c(=O)n(C)c2n1. The zero-order chi connectivity index (χ0) is 22.4. The van der Waals surface area contributed by atoms with Crippen LogP contribution in [0.1, 0.15) is 28.5 Å². The molecule has 4 aromatic rings. The first kappa shape index (κ1) is 20.5. The zero-order valence-electron chi connectivity index (χ0n) is 17.6. The molecule has 3 aromatic heterocycles. The first-order valence-corrected chi connectivity index (χ1v) is 9.80. The van der Waals surface area contributed by atoms with Gasteiger partial charge in [-0.25, -0.2) is 14.2 Å². The van der Waals surface area contributed by atoms with Crippen molar-refractivity contribution in [3.63, 3.8) is 0 Å². The predicted molar refractivity (Wildman–Crippen MR) is 116 cm³/mol. The van der Waals surface area contributed by atoms with Gasteiger partial charge >= 0.3 is 5.69 Å². The summed E-state index contributed by atoms with van der Waals surface area (Å²) in [7, 11) is 3.37. The number of hydrogen-bond acceptors (Lipinski definition) is 4. The molecule has 31 heavy (non-hydrogen) atoms. The number of nitrogens with one attached hydrogen (secondary N) is 2. The third kappa shape index (κ3) is 3.63. The molecule has 0 aliphatic rings. The summed E-state index contributed by atoms with van der Waals surface area (Å²) in [6.07, 6.45) is 2.39. The van der Waals surface area contributed by atoms with E-state index in [0.29, 0.717) is 12.1 Å². The second-order valence-corrected chi connectivity index (χ2v) is 7.83. The standard InChI is InChI=1S/C22H22FN5O3/c1-11(7-13-10-27(3)17-6-5-14(23)9-15(13)17)25-20(29)16-8-12(2)24-19-18(16)21(30)26-22(31)28(19)4/h5-6,8-11H,7H2,1-4H3,(H,25,29)(H,26,30,31). The highest BCUT2D eigenvalue weighted by Crippen LogP contribution is 2.23. The molecule has 2 N–H and O–H groups in total. The van der Waals surface area contributed by atoms with E-state index in [1.807, 2.05) is 24.7 Å². The van der Waals surface area contributed by atoms with E-state index in [9.17, 15) is 18.8 Å². The van der Waals surface area contributed by atoms with Crippen LogP contribution >= 0.6 is 0 Å². The Morgan fingerprint density at radius 3 is 2.74 bits per heavy atom. The summed E-state index contributed by atoms with van der Waals surface area (Å²) in [6, 6.07) is 5.85. The van der Waals surface area contributed by atoms with Crippen LogP contribution in [0, 0.1) is 12.7 Å². The van der Waals surface area contributed by atoms with Gasteiger partial charge in [-0.1, -0.05) is 0 Å². The minimum absolute atomic E-state index is 0.0598.